The quantitative estimate of drug-likeness (QED) is 0.265. The molecule has 2 aromatic rings. The van der Waals surface area contributed by atoms with E-state index in [-0.39, 0.29) is 29.9 Å². The number of hydrogen-bond acceptors (Lipinski definition) is 11. The molecular formula is C26H34O11. The fraction of sp³-hybridized carbons (Fsp3) is 0.538. The normalized spacial score (nSPS) is 31.8. The summed E-state index contributed by atoms with van der Waals surface area (Å²) in [5, 5.41) is 59.7. The first-order valence-electron chi connectivity index (χ1n) is 12.0. The van der Waals surface area contributed by atoms with Crippen LogP contribution in [0.25, 0.3) is 0 Å². The van der Waals surface area contributed by atoms with Gasteiger partial charge in [0, 0.05) is 12.5 Å². The van der Waals surface area contributed by atoms with Crippen LogP contribution in [-0.2, 0) is 15.9 Å². The summed E-state index contributed by atoms with van der Waals surface area (Å²) in [6, 6.07) is 10.2. The van der Waals surface area contributed by atoms with Crippen LogP contribution >= 0.6 is 0 Å². The van der Waals surface area contributed by atoms with E-state index in [1.807, 2.05) is 6.07 Å². The van der Waals surface area contributed by atoms with E-state index in [1.165, 1.54) is 14.2 Å². The molecule has 0 amide bonds. The van der Waals surface area contributed by atoms with Gasteiger partial charge in [-0.15, -0.1) is 0 Å². The minimum absolute atomic E-state index is 0.0142. The fourth-order valence-electron chi connectivity index (χ4n) is 4.92. The molecule has 2 saturated heterocycles. The fourth-order valence-corrected chi connectivity index (χ4v) is 4.92. The summed E-state index contributed by atoms with van der Waals surface area (Å²) in [5.74, 6) is 0.766. The van der Waals surface area contributed by atoms with E-state index in [0.717, 1.165) is 11.1 Å². The van der Waals surface area contributed by atoms with Crippen molar-refractivity contribution in [1.82, 2.24) is 0 Å². The first-order valence-corrected chi connectivity index (χ1v) is 12.0. The second-order valence-electron chi connectivity index (χ2n) is 9.30. The van der Waals surface area contributed by atoms with Crippen LogP contribution < -0.4 is 14.2 Å². The van der Waals surface area contributed by atoms with Crippen molar-refractivity contribution in [3.05, 3.63) is 47.5 Å². The van der Waals surface area contributed by atoms with Crippen molar-refractivity contribution in [1.29, 1.82) is 0 Å². The number of aromatic hydroxyl groups is 1. The van der Waals surface area contributed by atoms with Crippen molar-refractivity contribution in [2.45, 2.75) is 43.2 Å². The van der Waals surface area contributed by atoms with E-state index in [4.69, 9.17) is 23.7 Å². The van der Waals surface area contributed by atoms with Gasteiger partial charge in [-0.2, -0.15) is 0 Å². The number of ether oxygens (including phenoxy) is 5. The summed E-state index contributed by atoms with van der Waals surface area (Å²) in [7, 11) is 2.93. The summed E-state index contributed by atoms with van der Waals surface area (Å²) in [5.41, 5.74) is 1.70. The summed E-state index contributed by atoms with van der Waals surface area (Å²) in [6.07, 6.45) is -6.86. The molecule has 204 valence electrons. The van der Waals surface area contributed by atoms with Crippen molar-refractivity contribution < 1.29 is 54.3 Å². The van der Waals surface area contributed by atoms with Gasteiger partial charge in [0.25, 0.3) is 0 Å². The number of benzene rings is 2. The molecule has 4 rings (SSSR count). The average Bonchev–Trinajstić information content (AvgIpc) is 3.32. The summed E-state index contributed by atoms with van der Waals surface area (Å²) < 4.78 is 27.9. The maximum Gasteiger partial charge on any atom is 0.229 e. The van der Waals surface area contributed by atoms with Crippen LogP contribution in [0.3, 0.4) is 0 Å². The number of phenols is 1. The maximum atomic E-state index is 10.3. The van der Waals surface area contributed by atoms with Gasteiger partial charge < -0.3 is 54.3 Å². The topological polar surface area (TPSA) is 168 Å². The summed E-state index contributed by atoms with van der Waals surface area (Å²) in [4.78, 5) is 0. The van der Waals surface area contributed by atoms with Crippen molar-refractivity contribution in [3.63, 3.8) is 0 Å². The first-order chi connectivity index (χ1) is 17.8. The van der Waals surface area contributed by atoms with Gasteiger partial charge in [-0.3, -0.25) is 0 Å². The minimum atomic E-state index is -1.57. The molecule has 0 saturated carbocycles. The Kier molecular flexibility index (Phi) is 8.75. The Morgan fingerprint density at radius 2 is 1.62 bits per heavy atom. The zero-order valence-corrected chi connectivity index (χ0v) is 20.6. The number of aliphatic hydroxyl groups excluding tert-OH is 5. The van der Waals surface area contributed by atoms with E-state index in [0.29, 0.717) is 24.5 Å². The van der Waals surface area contributed by atoms with Gasteiger partial charge in [0.05, 0.1) is 33.5 Å². The highest BCUT2D eigenvalue weighted by molar-refractivity contribution is 5.44. The SMILES string of the molecule is COc1cc(C[C@@H]2CO[C@@H](c3ccc(O[C@H]4O[C@@H](CO)[C@H](O)[C@@H](O)[C@@H]4O)c(OC)c3)[C@@H]2CO)ccc1O. The number of hydrogen-bond donors (Lipinski definition) is 6. The third-order valence-corrected chi connectivity index (χ3v) is 7.04. The zero-order chi connectivity index (χ0) is 26.7. The Hall–Kier alpha value is -2.64. The Morgan fingerprint density at radius 3 is 2.30 bits per heavy atom. The molecule has 0 radical (unpaired) electrons. The molecule has 2 fully saturated rings. The third kappa shape index (κ3) is 5.63. The molecule has 8 atom stereocenters. The van der Waals surface area contributed by atoms with Gasteiger partial charge >= 0.3 is 0 Å². The van der Waals surface area contributed by atoms with Crippen LogP contribution in [0, 0.1) is 11.8 Å². The van der Waals surface area contributed by atoms with Crippen LogP contribution in [0.4, 0.5) is 0 Å². The zero-order valence-electron chi connectivity index (χ0n) is 20.6. The number of rotatable bonds is 9. The standard InChI is InChI=1S/C26H34O11/c1-33-19-8-13(3-5-17(19)29)7-15-12-35-25(16(15)10-27)14-4-6-18(20(9-14)34-2)36-26-24(32)23(31)22(30)21(11-28)37-26/h3-6,8-9,15-16,21-32H,7,10-12H2,1-2H3/t15-,16-,21+,22+,23-,24+,25+,26+/m1/s1. The highest BCUT2D eigenvalue weighted by Crippen LogP contribution is 2.43. The van der Waals surface area contributed by atoms with Crippen molar-refractivity contribution in [2.75, 3.05) is 34.0 Å². The predicted octanol–water partition coefficient (Wildman–Crippen LogP) is 0.127. The molecule has 6 N–H and O–H groups in total. The van der Waals surface area contributed by atoms with Gasteiger partial charge in [-0.25, -0.2) is 0 Å². The maximum absolute atomic E-state index is 10.3. The summed E-state index contributed by atoms with van der Waals surface area (Å²) in [6.45, 7) is -0.249. The van der Waals surface area contributed by atoms with E-state index >= 15 is 0 Å². The van der Waals surface area contributed by atoms with Gasteiger partial charge in [0.2, 0.25) is 6.29 Å². The largest absolute Gasteiger partial charge is 0.504 e. The molecule has 2 heterocycles. The second-order valence-corrected chi connectivity index (χ2v) is 9.30. The van der Waals surface area contributed by atoms with Crippen LogP contribution in [0.2, 0.25) is 0 Å². The monoisotopic (exact) mass is 522 g/mol. The lowest BCUT2D eigenvalue weighted by atomic mass is 9.84. The van der Waals surface area contributed by atoms with Gasteiger partial charge in [0.15, 0.2) is 23.0 Å². The molecule has 2 aliphatic rings. The third-order valence-electron chi connectivity index (χ3n) is 7.04. The molecule has 0 spiro atoms. The van der Waals surface area contributed by atoms with Crippen LogP contribution in [0.15, 0.2) is 36.4 Å². The summed E-state index contributed by atoms with van der Waals surface area (Å²) >= 11 is 0. The molecule has 0 bridgehead atoms. The molecule has 11 nitrogen and oxygen atoms in total. The lowest BCUT2D eigenvalue weighted by molar-refractivity contribution is -0.277. The van der Waals surface area contributed by atoms with E-state index < -0.39 is 43.4 Å². The Bertz CT molecular complexity index is 1050. The molecule has 0 aromatic heterocycles. The van der Waals surface area contributed by atoms with E-state index in [9.17, 15) is 30.6 Å². The molecule has 2 aromatic carbocycles. The molecule has 0 unspecified atom stereocenters. The molecule has 37 heavy (non-hydrogen) atoms. The average molecular weight is 523 g/mol. The molecule has 2 aliphatic heterocycles. The van der Waals surface area contributed by atoms with Crippen LogP contribution in [0.1, 0.15) is 17.2 Å². The van der Waals surface area contributed by atoms with Gasteiger partial charge in [0.1, 0.15) is 24.4 Å². The second kappa shape index (κ2) is 11.8. The van der Waals surface area contributed by atoms with Crippen molar-refractivity contribution in [2.24, 2.45) is 11.8 Å². The van der Waals surface area contributed by atoms with Crippen molar-refractivity contribution in [3.8, 4) is 23.0 Å². The Labute approximate surface area is 214 Å². The molecular weight excluding hydrogens is 488 g/mol. The Morgan fingerprint density at radius 1 is 0.865 bits per heavy atom. The van der Waals surface area contributed by atoms with Gasteiger partial charge in [-0.05, 0) is 47.7 Å². The van der Waals surface area contributed by atoms with Gasteiger partial charge in [-0.1, -0.05) is 12.1 Å². The first kappa shape index (κ1) is 27.4. The number of phenolic OH excluding ortho intramolecular Hbond substituents is 1. The number of methoxy groups -OCH3 is 2. The minimum Gasteiger partial charge on any atom is -0.504 e. The lowest BCUT2D eigenvalue weighted by Crippen LogP contribution is -2.60. The molecule has 11 heteroatoms. The predicted molar refractivity (Wildman–Crippen MR) is 129 cm³/mol. The van der Waals surface area contributed by atoms with E-state index in [2.05, 4.69) is 0 Å². The van der Waals surface area contributed by atoms with Crippen molar-refractivity contribution >= 4 is 0 Å². The lowest BCUT2D eigenvalue weighted by Gasteiger charge is -2.39. The molecule has 0 aliphatic carbocycles. The highest BCUT2D eigenvalue weighted by Gasteiger charge is 2.45. The highest BCUT2D eigenvalue weighted by atomic mass is 16.7. The van der Waals surface area contributed by atoms with Crippen LogP contribution in [-0.4, -0.2) is 95.4 Å². The van der Waals surface area contributed by atoms with E-state index in [1.54, 1.807) is 30.3 Å². The Balaban J connectivity index is 1.49. The van der Waals surface area contributed by atoms with Crippen LogP contribution in [0.5, 0.6) is 23.0 Å². The smallest absolute Gasteiger partial charge is 0.229 e. The number of aliphatic hydroxyl groups is 5.